The molecule has 0 saturated carbocycles. The second-order valence-electron chi connectivity index (χ2n) is 4.56. The first-order valence-corrected chi connectivity index (χ1v) is 7.39. The minimum absolute atomic E-state index is 0.207. The first-order chi connectivity index (χ1) is 9.06. The average Bonchev–Trinajstić information content (AvgIpc) is 2.86. The van der Waals surface area contributed by atoms with E-state index in [-0.39, 0.29) is 12.0 Å². The Morgan fingerprint density at radius 3 is 2.63 bits per heavy atom. The third kappa shape index (κ3) is 3.96. The van der Waals surface area contributed by atoms with Crippen molar-refractivity contribution in [2.24, 2.45) is 11.7 Å². The molecule has 2 N–H and O–H groups in total. The van der Waals surface area contributed by atoms with Gasteiger partial charge in [0.1, 0.15) is 0 Å². The Morgan fingerprint density at radius 2 is 2.00 bits per heavy atom. The summed E-state index contributed by atoms with van der Waals surface area (Å²) in [5, 5.41) is 4.67. The van der Waals surface area contributed by atoms with Crippen LogP contribution in [0.25, 0.3) is 0 Å². The number of nitrogens with zero attached hydrogens (tertiary/aromatic N) is 2. The number of rotatable bonds is 5. The van der Waals surface area contributed by atoms with Crippen LogP contribution in [0.3, 0.4) is 0 Å². The molecule has 0 spiro atoms. The number of halogens is 1. The Labute approximate surface area is 121 Å². The average molecular weight is 298 g/mol. The molecule has 102 valence electrons. The van der Waals surface area contributed by atoms with Gasteiger partial charge in [0.25, 0.3) is 0 Å². The minimum atomic E-state index is -0.207. The third-order valence-corrected chi connectivity index (χ3v) is 3.93. The Morgan fingerprint density at radius 1 is 1.32 bits per heavy atom. The van der Waals surface area contributed by atoms with Gasteiger partial charge in [-0.2, -0.15) is 4.98 Å². The molecule has 2 aromatic rings. The summed E-state index contributed by atoms with van der Waals surface area (Å²) in [5.41, 5.74) is 5.96. The van der Waals surface area contributed by atoms with Crippen molar-refractivity contribution in [3.63, 3.8) is 0 Å². The fourth-order valence-corrected chi connectivity index (χ4v) is 2.29. The summed E-state index contributed by atoms with van der Waals surface area (Å²) in [5.74, 6) is 2.08. The molecule has 2 rings (SSSR count). The molecule has 4 nitrogen and oxygen atoms in total. The molecule has 6 heteroatoms. The highest BCUT2D eigenvalue weighted by Crippen LogP contribution is 2.24. The van der Waals surface area contributed by atoms with E-state index in [1.165, 1.54) is 0 Å². The van der Waals surface area contributed by atoms with Crippen LogP contribution in [0.4, 0.5) is 0 Å². The van der Waals surface area contributed by atoms with Gasteiger partial charge in [-0.05, 0) is 30.2 Å². The van der Waals surface area contributed by atoms with Crippen molar-refractivity contribution >= 4 is 23.4 Å². The predicted octanol–water partition coefficient (Wildman–Crippen LogP) is 3.67. The van der Waals surface area contributed by atoms with E-state index in [1.54, 1.807) is 11.8 Å². The van der Waals surface area contributed by atoms with Gasteiger partial charge in [0, 0.05) is 9.92 Å². The van der Waals surface area contributed by atoms with Crippen LogP contribution in [0.2, 0.25) is 5.02 Å². The molecule has 19 heavy (non-hydrogen) atoms. The van der Waals surface area contributed by atoms with Gasteiger partial charge in [0.15, 0.2) is 5.82 Å². The van der Waals surface area contributed by atoms with Gasteiger partial charge in [-0.3, -0.25) is 0 Å². The normalized spacial score (nSPS) is 12.9. The van der Waals surface area contributed by atoms with Gasteiger partial charge in [-0.25, -0.2) is 0 Å². The molecule has 1 aromatic carbocycles. The third-order valence-electron chi connectivity index (χ3n) is 2.67. The summed E-state index contributed by atoms with van der Waals surface area (Å²) >= 11 is 7.46. The summed E-state index contributed by atoms with van der Waals surface area (Å²) < 4.78 is 5.17. The second kappa shape index (κ2) is 6.41. The second-order valence-corrected chi connectivity index (χ2v) is 6.05. The predicted molar refractivity (Wildman–Crippen MR) is 77.1 cm³/mol. The van der Waals surface area contributed by atoms with Crippen molar-refractivity contribution in [1.29, 1.82) is 0 Å². The van der Waals surface area contributed by atoms with Crippen LogP contribution in [-0.2, 0) is 5.75 Å². The number of thioether (sulfide) groups is 1. The Kier molecular flexibility index (Phi) is 4.85. The van der Waals surface area contributed by atoms with Gasteiger partial charge < -0.3 is 10.3 Å². The highest BCUT2D eigenvalue weighted by molar-refractivity contribution is 7.98. The van der Waals surface area contributed by atoms with Crippen molar-refractivity contribution in [2.45, 2.75) is 30.5 Å². The maximum absolute atomic E-state index is 5.96. The molecule has 1 unspecified atom stereocenters. The molecule has 1 aromatic heterocycles. The van der Waals surface area contributed by atoms with Crippen LogP contribution >= 0.6 is 23.4 Å². The molecule has 0 aliphatic rings. The molecule has 0 radical (unpaired) electrons. The molecule has 1 heterocycles. The lowest BCUT2D eigenvalue weighted by Gasteiger charge is -2.09. The minimum Gasteiger partial charge on any atom is -0.338 e. The maximum atomic E-state index is 5.96. The van der Waals surface area contributed by atoms with Gasteiger partial charge in [0.05, 0.1) is 11.8 Å². The summed E-state index contributed by atoms with van der Waals surface area (Å²) in [4.78, 5) is 5.43. The van der Waals surface area contributed by atoms with Gasteiger partial charge in [-0.1, -0.05) is 30.6 Å². The van der Waals surface area contributed by atoms with E-state index in [9.17, 15) is 0 Å². The van der Waals surface area contributed by atoms with Crippen molar-refractivity contribution in [3.8, 4) is 0 Å². The molecular weight excluding hydrogens is 282 g/mol. The Balaban J connectivity index is 1.95. The van der Waals surface area contributed by atoms with E-state index >= 15 is 0 Å². The number of hydrogen-bond donors (Lipinski definition) is 1. The first-order valence-electron chi connectivity index (χ1n) is 6.02. The van der Waals surface area contributed by atoms with E-state index in [2.05, 4.69) is 10.1 Å². The molecular formula is C13H16ClN3OS. The molecule has 0 bridgehead atoms. The molecule has 0 amide bonds. The summed E-state index contributed by atoms with van der Waals surface area (Å²) in [6.07, 6.45) is 0. The molecule has 0 saturated heterocycles. The number of nitrogens with two attached hydrogens (primary N) is 1. The van der Waals surface area contributed by atoms with Gasteiger partial charge >= 0.3 is 0 Å². The van der Waals surface area contributed by atoms with Crippen LogP contribution in [-0.4, -0.2) is 10.1 Å². The quantitative estimate of drug-likeness (QED) is 0.853. The van der Waals surface area contributed by atoms with Crippen LogP contribution in [0.5, 0.6) is 0 Å². The van der Waals surface area contributed by atoms with Crippen molar-refractivity contribution in [3.05, 3.63) is 41.0 Å². The Bertz CT molecular complexity index is 527. The lowest BCUT2D eigenvalue weighted by Crippen LogP contribution is -2.17. The van der Waals surface area contributed by atoms with E-state index in [4.69, 9.17) is 21.9 Å². The van der Waals surface area contributed by atoms with E-state index < -0.39 is 0 Å². The lowest BCUT2D eigenvalue weighted by atomic mass is 10.1. The van der Waals surface area contributed by atoms with E-state index in [0.717, 1.165) is 9.92 Å². The monoisotopic (exact) mass is 297 g/mol. The van der Waals surface area contributed by atoms with Crippen LogP contribution < -0.4 is 5.73 Å². The zero-order valence-corrected chi connectivity index (χ0v) is 12.4. The van der Waals surface area contributed by atoms with Crippen LogP contribution in [0.1, 0.15) is 31.6 Å². The van der Waals surface area contributed by atoms with Gasteiger partial charge in [-0.15, -0.1) is 11.8 Å². The van der Waals surface area contributed by atoms with Crippen LogP contribution in [0.15, 0.2) is 33.7 Å². The fourth-order valence-electron chi connectivity index (χ4n) is 1.43. The van der Waals surface area contributed by atoms with Crippen molar-refractivity contribution in [2.75, 3.05) is 0 Å². The largest absolute Gasteiger partial charge is 0.338 e. The molecule has 0 aliphatic carbocycles. The number of aromatic nitrogens is 2. The molecule has 0 fully saturated rings. The smallest absolute Gasteiger partial charge is 0.243 e. The summed E-state index contributed by atoms with van der Waals surface area (Å²) in [6.45, 7) is 4.05. The standard InChI is InChI=1S/C13H16ClN3OS/c1-8(2)12(15)13-16-11(17-18-13)7-19-10-5-3-9(14)4-6-10/h3-6,8,12H,7,15H2,1-2H3. The van der Waals surface area contributed by atoms with Crippen LogP contribution in [0, 0.1) is 5.92 Å². The van der Waals surface area contributed by atoms with Crippen molar-refractivity contribution in [1.82, 2.24) is 10.1 Å². The van der Waals surface area contributed by atoms with E-state index in [1.807, 2.05) is 38.1 Å². The summed E-state index contributed by atoms with van der Waals surface area (Å²) in [6, 6.07) is 7.45. The molecule has 0 aliphatic heterocycles. The zero-order chi connectivity index (χ0) is 13.8. The lowest BCUT2D eigenvalue weighted by molar-refractivity contribution is 0.323. The number of hydrogen-bond acceptors (Lipinski definition) is 5. The van der Waals surface area contributed by atoms with Gasteiger partial charge in [0.2, 0.25) is 5.89 Å². The zero-order valence-electron chi connectivity index (χ0n) is 10.8. The first kappa shape index (κ1) is 14.4. The summed E-state index contributed by atoms with van der Waals surface area (Å²) in [7, 11) is 0. The van der Waals surface area contributed by atoms with Crippen molar-refractivity contribution < 1.29 is 4.52 Å². The Hall–Kier alpha value is -1.04. The van der Waals surface area contributed by atoms with E-state index in [0.29, 0.717) is 17.5 Å². The maximum Gasteiger partial charge on any atom is 0.243 e. The molecule has 1 atom stereocenters. The highest BCUT2D eigenvalue weighted by atomic mass is 35.5. The SMILES string of the molecule is CC(C)C(N)c1nc(CSc2ccc(Cl)cc2)no1. The number of benzene rings is 1. The highest BCUT2D eigenvalue weighted by Gasteiger charge is 2.17. The fraction of sp³-hybridized carbons (Fsp3) is 0.385. The topological polar surface area (TPSA) is 64.9 Å².